The van der Waals surface area contributed by atoms with Crippen LogP contribution in [0.4, 0.5) is 0 Å². The third kappa shape index (κ3) is 2.14. The Morgan fingerprint density at radius 2 is 1.76 bits per heavy atom. The quantitative estimate of drug-likeness (QED) is 0.920. The molecule has 21 heavy (non-hydrogen) atoms. The molecule has 1 N–H and O–H groups in total. The zero-order valence-electron chi connectivity index (χ0n) is 13.0. The highest BCUT2D eigenvalue weighted by molar-refractivity contribution is 5.84. The van der Waals surface area contributed by atoms with E-state index in [1.54, 1.807) is 7.11 Å². The fourth-order valence-electron chi connectivity index (χ4n) is 4.36. The van der Waals surface area contributed by atoms with Crippen molar-refractivity contribution < 1.29 is 14.6 Å². The highest BCUT2D eigenvalue weighted by Gasteiger charge is 2.46. The van der Waals surface area contributed by atoms with Crippen molar-refractivity contribution in [1.29, 1.82) is 0 Å². The maximum atomic E-state index is 12.1. The van der Waals surface area contributed by atoms with Gasteiger partial charge in [0.05, 0.1) is 12.5 Å². The molecule has 0 aliphatic heterocycles. The zero-order valence-corrected chi connectivity index (χ0v) is 13.0. The molecule has 0 saturated heterocycles. The van der Waals surface area contributed by atoms with Gasteiger partial charge in [0.2, 0.25) is 0 Å². The molecule has 1 saturated carbocycles. The third-order valence-electron chi connectivity index (χ3n) is 5.40. The first-order chi connectivity index (χ1) is 10.1. The van der Waals surface area contributed by atoms with Crippen molar-refractivity contribution in [3.8, 4) is 5.75 Å². The second kappa shape index (κ2) is 5.36. The summed E-state index contributed by atoms with van der Waals surface area (Å²) in [6.07, 6.45) is 7.92. The van der Waals surface area contributed by atoms with E-state index in [1.807, 2.05) is 0 Å². The Morgan fingerprint density at radius 3 is 2.33 bits per heavy atom. The number of methoxy groups -OCH3 is 1. The van der Waals surface area contributed by atoms with E-state index >= 15 is 0 Å². The molecule has 3 rings (SSSR count). The summed E-state index contributed by atoms with van der Waals surface area (Å²) in [6, 6.07) is 2.06. The Kier molecular flexibility index (Phi) is 3.68. The largest absolute Gasteiger partial charge is 0.496 e. The number of carbonyl (C=O) groups is 1. The molecule has 1 aromatic carbocycles. The molecular weight excluding hydrogens is 264 g/mol. The van der Waals surface area contributed by atoms with Gasteiger partial charge in [0.1, 0.15) is 5.75 Å². The van der Waals surface area contributed by atoms with Crippen molar-refractivity contribution in [3.05, 3.63) is 28.3 Å². The monoisotopic (exact) mass is 288 g/mol. The first-order valence-corrected chi connectivity index (χ1v) is 8.03. The van der Waals surface area contributed by atoms with Crippen LogP contribution < -0.4 is 4.74 Å². The fraction of sp³-hybridized carbons (Fsp3) is 0.611. The topological polar surface area (TPSA) is 46.5 Å². The average molecular weight is 288 g/mol. The second-order valence-corrected chi connectivity index (χ2v) is 6.53. The number of aliphatic carboxylic acids is 1. The first-order valence-electron chi connectivity index (χ1n) is 8.03. The van der Waals surface area contributed by atoms with Crippen molar-refractivity contribution in [2.45, 2.75) is 63.7 Å². The smallest absolute Gasteiger partial charge is 0.314 e. The summed E-state index contributed by atoms with van der Waals surface area (Å²) < 4.78 is 5.62. The SMILES string of the molecule is COc1cc(C)c2c(c1C1(C(=O)O)CCCC1)CCCC2. The maximum absolute atomic E-state index is 12.1. The van der Waals surface area contributed by atoms with Crippen molar-refractivity contribution in [2.75, 3.05) is 7.11 Å². The molecule has 1 aromatic rings. The van der Waals surface area contributed by atoms with Crippen LogP contribution in [0.3, 0.4) is 0 Å². The molecular formula is C18H24O3. The lowest BCUT2D eigenvalue weighted by Crippen LogP contribution is -2.35. The number of carboxylic acid groups (broad SMARTS) is 1. The Morgan fingerprint density at radius 1 is 1.14 bits per heavy atom. The maximum Gasteiger partial charge on any atom is 0.314 e. The first kappa shape index (κ1) is 14.4. The van der Waals surface area contributed by atoms with Gasteiger partial charge in [0, 0.05) is 5.56 Å². The molecule has 0 radical (unpaired) electrons. The van der Waals surface area contributed by atoms with Crippen LogP contribution >= 0.6 is 0 Å². The van der Waals surface area contributed by atoms with Crippen LogP contribution in [0.25, 0.3) is 0 Å². The average Bonchev–Trinajstić information content (AvgIpc) is 2.97. The van der Waals surface area contributed by atoms with Gasteiger partial charge in [0.15, 0.2) is 0 Å². The summed E-state index contributed by atoms with van der Waals surface area (Å²) in [7, 11) is 1.66. The number of aryl methyl sites for hydroxylation is 1. The second-order valence-electron chi connectivity index (χ2n) is 6.53. The van der Waals surface area contributed by atoms with E-state index in [2.05, 4.69) is 13.0 Å². The molecule has 2 aliphatic rings. The summed E-state index contributed by atoms with van der Waals surface area (Å²) in [4.78, 5) is 12.1. The lowest BCUT2D eigenvalue weighted by molar-refractivity contribution is -0.143. The lowest BCUT2D eigenvalue weighted by Gasteiger charge is -2.32. The molecule has 0 amide bonds. The summed E-state index contributed by atoms with van der Waals surface area (Å²) in [5.41, 5.74) is 4.19. The lowest BCUT2D eigenvalue weighted by atomic mass is 9.72. The number of hydrogen-bond donors (Lipinski definition) is 1. The predicted octanol–water partition coefficient (Wildman–Crippen LogP) is 3.78. The molecule has 0 aromatic heterocycles. The Labute approximate surface area is 126 Å². The number of benzene rings is 1. The molecule has 0 bridgehead atoms. The molecule has 0 unspecified atom stereocenters. The molecule has 0 spiro atoms. The minimum Gasteiger partial charge on any atom is -0.496 e. The van der Waals surface area contributed by atoms with Crippen molar-refractivity contribution in [3.63, 3.8) is 0 Å². The number of carboxylic acids is 1. The van der Waals surface area contributed by atoms with Gasteiger partial charge in [-0.15, -0.1) is 0 Å². The van der Waals surface area contributed by atoms with Gasteiger partial charge in [-0.25, -0.2) is 0 Å². The molecule has 3 heteroatoms. The van der Waals surface area contributed by atoms with Crippen LogP contribution in [0.5, 0.6) is 5.75 Å². The van der Waals surface area contributed by atoms with Gasteiger partial charge in [0.25, 0.3) is 0 Å². The van der Waals surface area contributed by atoms with E-state index in [4.69, 9.17) is 4.74 Å². The Hall–Kier alpha value is -1.51. The molecule has 114 valence electrons. The molecule has 1 fully saturated rings. The summed E-state index contributed by atoms with van der Waals surface area (Å²) in [6.45, 7) is 2.12. The van der Waals surface area contributed by atoms with Gasteiger partial charge in [-0.1, -0.05) is 12.8 Å². The van der Waals surface area contributed by atoms with E-state index in [0.717, 1.165) is 56.3 Å². The highest BCUT2D eigenvalue weighted by Crippen LogP contribution is 2.49. The van der Waals surface area contributed by atoms with Crippen LogP contribution in [0.15, 0.2) is 6.07 Å². The molecule has 2 aliphatic carbocycles. The fourth-order valence-corrected chi connectivity index (χ4v) is 4.36. The van der Waals surface area contributed by atoms with E-state index in [0.29, 0.717) is 0 Å². The number of ether oxygens (including phenoxy) is 1. The summed E-state index contributed by atoms with van der Waals surface area (Å²) >= 11 is 0. The van der Waals surface area contributed by atoms with E-state index in [1.165, 1.54) is 23.1 Å². The minimum absolute atomic E-state index is 0.671. The molecule has 0 atom stereocenters. The van der Waals surface area contributed by atoms with Crippen LogP contribution in [0, 0.1) is 6.92 Å². The van der Waals surface area contributed by atoms with E-state index < -0.39 is 11.4 Å². The number of rotatable bonds is 3. The van der Waals surface area contributed by atoms with Crippen LogP contribution in [-0.4, -0.2) is 18.2 Å². The standard InChI is InChI=1S/C18H24O3/c1-12-11-15(21-2)16(14-8-4-3-7-13(12)14)18(17(19)20)9-5-6-10-18/h11H,3-10H2,1-2H3,(H,19,20). The molecule has 0 heterocycles. The number of hydrogen-bond acceptors (Lipinski definition) is 2. The van der Waals surface area contributed by atoms with Crippen molar-refractivity contribution >= 4 is 5.97 Å². The normalized spacial score (nSPS) is 20.1. The van der Waals surface area contributed by atoms with Crippen molar-refractivity contribution in [2.24, 2.45) is 0 Å². The van der Waals surface area contributed by atoms with E-state index in [-0.39, 0.29) is 0 Å². The Balaban J connectivity index is 2.27. The van der Waals surface area contributed by atoms with Gasteiger partial charge in [-0.3, -0.25) is 4.79 Å². The summed E-state index contributed by atoms with van der Waals surface area (Å²) in [5.74, 6) is 0.118. The third-order valence-corrected chi connectivity index (χ3v) is 5.40. The van der Waals surface area contributed by atoms with Crippen molar-refractivity contribution in [1.82, 2.24) is 0 Å². The highest BCUT2D eigenvalue weighted by atomic mass is 16.5. The summed E-state index contributed by atoms with van der Waals surface area (Å²) in [5, 5.41) is 9.95. The van der Waals surface area contributed by atoms with Crippen LogP contribution in [0.1, 0.15) is 60.8 Å². The number of fused-ring (bicyclic) bond motifs is 1. The van der Waals surface area contributed by atoms with Gasteiger partial charge in [-0.2, -0.15) is 0 Å². The molecule has 3 nitrogen and oxygen atoms in total. The van der Waals surface area contributed by atoms with Gasteiger partial charge < -0.3 is 9.84 Å². The minimum atomic E-state index is -0.722. The Bertz CT molecular complexity index is 568. The van der Waals surface area contributed by atoms with Crippen LogP contribution in [-0.2, 0) is 23.1 Å². The predicted molar refractivity (Wildman–Crippen MR) is 82.2 cm³/mol. The van der Waals surface area contributed by atoms with E-state index in [9.17, 15) is 9.90 Å². The van der Waals surface area contributed by atoms with Gasteiger partial charge in [-0.05, 0) is 68.2 Å². The van der Waals surface area contributed by atoms with Gasteiger partial charge >= 0.3 is 5.97 Å². The van der Waals surface area contributed by atoms with Crippen LogP contribution in [0.2, 0.25) is 0 Å². The zero-order chi connectivity index (χ0) is 15.0.